The number of nitrogens with one attached hydrogen (secondary N) is 1. The molecule has 0 aromatic heterocycles. The molecule has 0 aromatic rings. The van der Waals surface area contributed by atoms with Gasteiger partial charge in [0.25, 0.3) is 0 Å². The molecule has 23 N–H and O–H groups in total. The molecule has 3 saturated carbocycles. The zero-order chi connectivity index (χ0) is 78.9. The number of allylic oxidation sites excluding steroid dienone is 4. The lowest BCUT2D eigenvalue weighted by Gasteiger charge is -2.59. The zero-order valence-corrected chi connectivity index (χ0v) is 59.0. The van der Waals surface area contributed by atoms with Crippen molar-refractivity contribution < 1.29 is 203 Å². The van der Waals surface area contributed by atoms with Gasteiger partial charge in [-0.1, -0.05) is 25.5 Å². The number of esters is 1. The summed E-state index contributed by atoms with van der Waals surface area (Å²) in [4.78, 5) is 53.5. The maximum absolute atomic E-state index is 14.1. The van der Waals surface area contributed by atoms with Crippen LogP contribution in [-0.4, -0.2) is 415 Å². The minimum atomic E-state index is -2.37. The Labute approximate surface area is 620 Å². The molecular formula is C67H101NO41. The third-order valence-electron chi connectivity index (χ3n) is 24.1. The molecule has 21 heterocycles. The minimum Gasteiger partial charge on any atom is -0.458 e. The highest BCUT2D eigenvalue weighted by Gasteiger charge is 2.69. The molecule has 0 radical (unpaired) electrons. The van der Waals surface area contributed by atoms with Gasteiger partial charge >= 0.3 is 5.97 Å². The fraction of sp³-hybridized carbons (Fsp3) is 0.881. The Morgan fingerprint density at radius 3 is 1.10 bits per heavy atom. The van der Waals surface area contributed by atoms with Gasteiger partial charge in [0, 0.05) is 29.7 Å². The van der Waals surface area contributed by atoms with E-state index in [2.05, 4.69) is 5.32 Å². The molecular weight excluding hydrogens is 1470 g/mol. The number of ether oxygens (including phenoxy) is 15. The third kappa shape index (κ3) is 15.9. The highest BCUT2D eigenvalue weighted by Crippen LogP contribution is 2.67. The molecule has 21 aliphatic heterocycles. The summed E-state index contributed by atoms with van der Waals surface area (Å²) in [6, 6.07) is 0. The number of aliphatic hydroxyl groups excluding tert-OH is 21. The first kappa shape index (κ1) is 84.7. The van der Waals surface area contributed by atoms with Crippen molar-refractivity contribution in [2.75, 3.05) is 52.8 Å². The molecule has 24 fully saturated rings. The van der Waals surface area contributed by atoms with Crippen molar-refractivity contribution >= 4 is 23.4 Å². The third-order valence-corrected chi connectivity index (χ3v) is 24.1. The summed E-state index contributed by atoms with van der Waals surface area (Å²) < 4.78 is 86.7. The molecule has 21 saturated heterocycles. The van der Waals surface area contributed by atoms with Crippen LogP contribution < -0.4 is 5.32 Å². The van der Waals surface area contributed by atoms with Crippen LogP contribution in [-0.2, 0) is 90.2 Å². The van der Waals surface area contributed by atoms with Crippen molar-refractivity contribution in [3.8, 4) is 0 Å². The Morgan fingerprint density at radius 1 is 0.450 bits per heavy atom. The number of carbonyl (C=O) groups excluding carboxylic acids is 4. The summed E-state index contributed by atoms with van der Waals surface area (Å²) in [6.45, 7) is -4.71. The molecule has 42 nitrogen and oxygen atoms in total. The van der Waals surface area contributed by atoms with Crippen molar-refractivity contribution in [3.63, 3.8) is 0 Å². The van der Waals surface area contributed by atoms with E-state index >= 15 is 0 Å². The van der Waals surface area contributed by atoms with Gasteiger partial charge in [0.1, 0.15) is 177 Å². The maximum atomic E-state index is 14.1. The van der Waals surface area contributed by atoms with Crippen LogP contribution >= 0.6 is 0 Å². The average molecular weight is 1580 g/mol. The van der Waals surface area contributed by atoms with Crippen molar-refractivity contribution in [1.29, 1.82) is 0 Å². The van der Waals surface area contributed by atoms with E-state index in [0.29, 0.717) is 19.3 Å². The van der Waals surface area contributed by atoms with Crippen LogP contribution in [0.2, 0.25) is 0 Å². The van der Waals surface area contributed by atoms with E-state index in [1.165, 1.54) is 6.08 Å². The number of carbonyl (C=O) groups is 4. The SMILES string of the molecule is C[C@]12C=CC(=O)C=C1CC[C@@H]1[C@@H]2C(O)C[C@@]2(C)[C@H]1CC[C@]2(O)C(=O)COC(=O)CCC(=O)NC[C@H]1O[C@@H]2O[C@H]3[C@H](O)[C@@H](O)[C@@H](O[C@H]4[C@H](O)[C@@H](O)[C@@H](O[C@H]5[C@H](O)[C@@H](O)[C@@H](O[C@H]6[C@H](O)[C@@H](O)[C@@H](O[C@H]7[C@H](O)[C@@H](O)[C@@H](O[C@H]8[C@H](O)[C@@H](O)[C@@H](O[C@H]1[C@H](O)[C@H]2O)O[C@@H]8CO)O[C@@H]7CO)O[C@@H]6CO)O[C@@H]5CO)O[C@@H]4CO)O[C@@H]3CO. The van der Waals surface area contributed by atoms with Gasteiger partial charge in [-0.05, 0) is 56.1 Å². The van der Waals surface area contributed by atoms with Crippen molar-refractivity contribution in [1.82, 2.24) is 5.32 Å². The lowest BCUT2D eigenvalue weighted by Crippen LogP contribution is -2.68. The van der Waals surface area contributed by atoms with Crippen LogP contribution in [0.3, 0.4) is 0 Å². The van der Waals surface area contributed by atoms with E-state index in [9.17, 15) is 132 Å². The number of aliphatic hydroxyl groups is 22. The van der Waals surface area contributed by atoms with Crippen molar-refractivity contribution in [3.05, 3.63) is 23.8 Å². The number of rotatable bonds is 14. The monoisotopic (exact) mass is 1580 g/mol. The smallest absolute Gasteiger partial charge is 0.306 e. The van der Waals surface area contributed by atoms with Gasteiger partial charge in [-0.25, -0.2) is 0 Å². The molecule has 0 aromatic carbocycles. The van der Waals surface area contributed by atoms with Crippen LogP contribution in [0.5, 0.6) is 0 Å². The Bertz CT molecular complexity index is 3180. The highest BCUT2D eigenvalue weighted by atomic mass is 16.8. The highest BCUT2D eigenvalue weighted by molar-refractivity contribution is 6.01. The van der Waals surface area contributed by atoms with E-state index in [-0.39, 0.29) is 36.4 Å². The standard InChI is InChI=1S/C67H101NO41/c1-65-9-7-22(75)11-21(65)3-4-23-24-8-10-67(94,66(24,2)12-25(76)36(23)65)33(77)20-95-35(79)6-5-34(78)68-13-26-51-37(80)44(87)58(96-26)104-52-27(14-69)98-60(46(89)39(52)82)106-54-29(16-71)100-62(48(91)41(54)84)108-56-31(18-73)102-64(50(93)43(56)86)109-57-32(19-74)101-63(49(92)42(57)85)107-55-30(17-72)99-61(47(90)40(55)83)105-53-28(15-70)97-59(103-51)45(88)38(53)81/h7,9,11,23-32,36-64,69-74,76,80-94H,3-6,8,10,12-20H2,1-2H3,(H,68,78)/t23-,24-,25?,26+,27+,28+,29+,30+,31+,32+,36+,37+,38+,39+,40+,41+,42+,43+,44+,45+,46+,47+,48+,49+,50+,51+,52+,53+,54+,55+,56+,57+,58+,59+,60+,61+,62+,63+,64+,65-,66-,67-/m0/s1. The van der Waals surface area contributed by atoms with Gasteiger partial charge in [-0.3, -0.25) is 19.2 Å². The largest absolute Gasteiger partial charge is 0.458 e. The van der Waals surface area contributed by atoms with E-state index in [1.54, 1.807) is 13.0 Å². The molecule has 14 bridgehead atoms. The van der Waals surface area contributed by atoms with E-state index < -0.39 is 321 Å². The predicted octanol–water partition coefficient (Wildman–Crippen LogP) is -13.2. The fourth-order valence-corrected chi connectivity index (χ4v) is 18.1. The Hall–Kier alpha value is -3.68. The van der Waals surface area contributed by atoms with Gasteiger partial charge in [0.05, 0.1) is 52.2 Å². The lowest BCUT2D eigenvalue weighted by molar-refractivity contribution is -0.396. The number of fused-ring (bicyclic) bond motifs is 5. The van der Waals surface area contributed by atoms with Crippen molar-refractivity contribution in [2.45, 2.75) is 285 Å². The zero-order valence-electron chi connectivity index (χ0n) is 59.0. The molecule has 0 spiro atoms. The molecule has 1 amide bonds. The van der Waals surface area contributed by atoms with E-state index in [0.717, 1.165) is 5.57 Å². The normalized spacial score (nSPS) is 51.7. The van der Waals surface area contributed by atoms with Crippen LogP contribution in [0, 0.1) is 28.6 Å². The summed E-state index contributed by atoms with van der Waals surface area (Å²) in [7, 11) is 0. The number of hydrogen-bond acceptors (Lipinski definition) is 41. The predicted molar refractivity (Wildman–Crippen MR) is 343 cm³/mol. The molecule has 4 aliphatic carbocycles. The first-order valence-electron chi connectivity index (χ1n) is 36.4. The molecule has 109 heavy (non-hydrogen) atoms. The summed E-state index contributed by atoms with van der Waals surface area (Å²) in [6.07, 6.45) is -69.5. The Balaban J connectivity index is 0.765. The average Bonchev–Trinajstić information content (AvgIpc) is 1.58. The van der Waals surface area contributed by atoms with Gasteiger partial charge < -0.3 is 189 Å². The van der Waals surface area contributed by atoms with Gasteiger partial charge in [-0.2, -0.15) is 0 Å². The number of ketones is 2. The topological polar surface area (TPSA) is 664 Å². The van der Waals surface area contributed by atoms with Gasteiger partial charge in [0.2, 0.25) is 11.7 Å². The van der Waals surface area contributed by atoms with Crippen LogP contribution in [0.4, 0.5) is 0 Å². The fourth-order valence-electron chi connectivity index (χ4n) is 18.1. The van der Waals surface area contributed by atoms with E-state index in [1.807, 2.05) is 13.0 Å². The minimum absolute atomic E-state index is 0.00336. The quantitative estimate of drug-likeness (QED) is 0.0718. The molecule has 42 atom stereocenters. The summed E-state index contributed by atoms with van der Waals surface area (Å²) in [5, 5.41) is 252. The second-order valence-corrected chi connectivity index (χ2v) is 30.5. The Morgan fingerprint density at radius 2 is 0.771 bits per heavy atom. The molecule has 25 rings (SSSR count). The second kappa shape index (κ2) is 34.2. The number of Topliss-reactive ketones (excluding diaryl/α,β-unsaturated/α-hetero) is 1. The lowest BCUT2D eigenvalue weighted by atomic mass is 9.46. The number of amides is 1. The summed E-state index contributed by atoms with van der Waals surface area (Å²) >= 11 is 0. The van der Waals surface area contributed by atoms with E-state index in [4.69, 9.17) is 71.1 Å². The molecule has 42 heteroatoms. The second-order valence-electron chi connectivity index (χ2n) is 30.5. The molecule has 620 valence electrons. The molecule has 25 aliphatic rings. The van der Waals surface area contributed by atoms with Crippen LogP contribution in [0.1, 0.15) is 58.8 Å². The first-order chi connectivity index (χ1) is 51.7. The van der Waals surface area contributed by atoms with Crippen LogP contribution in [0.15, 0.2) is 23.8 Å². The summed E-state index contributed by atoms with van der Waals surface area (Å²) in [5.41, 5.74) is -2.91. The Kier molecular flexibility index (Phi) is 26.6. The van der Waals surface area contributed by atoms with Gasteiger partial charge in [0.15, 0.2) is 56.4 Å². The summed E-state index contributed by atoms with van der Waals surface area (Å²) in [5.74, 6) is -3.71. The van der Waals surface area contributed by atoms with Gasteiger partial charge in [-0.15, -0.1) is 0 Å². The molecule has 1 unspecified atom stereocenters. The first-order valence-corrected chi connectivity index (χ1v) is 36.4. The number of hydrogen-bond donors (Lipinski definition) is 23. The van der Waals surface area contributed by atoms with Crippen molar-refractivity contribution in [2.24, 2.45) is 28.6 Å². The maximum Gasteiger partial charge on any atom is 0.306 e. The van der Waals surface area contributed by atoms with Crippen LogP contribution in [0.25, 0.3) is 0 Å².